The molecule has 1 aromatic heterocycles. The summed E-state index contributed by atoms with van der Waals surface area (Å²) in [5.74, 6) is -1.78. The molecule has 0 saturated heterocycles. The van der Waals surface area contributed by atoms with Crippen LogP contribution in [0.2, 0.25) is 0 Å². The van der Waals surface area contributed by atoms with Gasteiger partial charge in [-0.2, -0.15) is 13.2 Å². The molecule has 0 fully saturated rings. The summed E-state index contributed by atoms with van der Waals surface area (Å²) in [6.07, 6.45) is -4.63. The van der Waals surface area contributed by atoms with Crippen LogP contribution in [0.4, 0.5) is 17.6 Å². The standard InChI is InChI=1S/C10H8F4N2O/c11-6-1-2-7-8(5-6)16(3-4-17)9(15-7)10(12,13)14/h1-2,5,17H,3-4H2. The molecule has 0 spiro atoms. The number of halogens is 4. The summed E-state index contributed by atoms with van der Waals surface area (Å²) in [6, 6.07) is 3.18. The number of fused-ring (bicyclic) bond motifs is 1. The van der Waals surface area contributed by atoms with Crippen LogP contribution in [0.3, 0.4) is 0 Å². The number of nitrogens with zero attached hydrogens (tertiary/aromatic N) is 2. The molecule has 0 atom stereocenters. The molecular formula is C10H8F4N2O. The molecule has 0 aliphatic carbocycles. The predicted molar refractivity (Wildman–Crippen MR) is 51.8 cm³/mol. The van der Waals surface area contributed by atoms with E-state index in [-0.39, 0.29) is 17.6 Å². The van der Waals surface area contributed by atoms with Crippen molar-refractivity contribution in [2.24, 2.45) is 0 Å². The molecule has 0 aliphatic rings. The topological polar surface area (TPSA) is 38.0 Å². The fourth-order valence-electron chi connectivity index (χ4n) is 1.64. The first-order valence-corrected chi connectivity index (χ1v) is 4.77. The highest BCUT2D eigenvalue weighted by molar-refractivity contribution is 5.76. The number of hydrogen-bond donors (Lipinski definition) is 1. The molecule has 1 N–H and O–H groups in total. The van der Waals surface area contributed by atoms with Gasteiger partial charge in [0.15, 0.2) is 0 Å². The third kappa shape index (κ3) is 2.10. The van der Waals surface area contributed by atoms with Crippen molar-refractivity contribution in [1.29, 1.82) is 0 Å². The van der Waals surface area contributed by atoms with Gasteiger partial charge in [0.1, 0.15) is 5.82 Å². The normalized spacial score (nSPS) is 12.3. The summed E-state index contributed by atoms with van der Waals surface area (Å²) < 4.78 is 51.7. The maximum absolute atomic E-state index is 13.0. The van der Waals surface area contributed by atoms with Crippen LogP contribution in [0.15, 0.2) is 18.2 Å². The van der Waals surface area contributed by atoms with Gasteiger partial charge < -0.3 is 9.67 Å². The van der Waals surface area contributed by atoms with Gasteiger partial charge in [0, 0.05) is 6.54 Å². The van der Waals surface area contributed by atoms with E-state index in [1.807, 2.05) is 0 Å². The van der Waals surface area contributed by atoms with Gasteiger partial charge in [0.25, 0.3) is 0 Å². The highest BCUT2D eigenvalue weighted by atomic mass is 19.4. The lowest BCUT2D eigenvalue weighted by atomic mass is 10.3. The largest absolute Gasteiger partial charge is 0.449 e. The van der Waals surface area contributed by atoms with E-state index in [9.17, 15) is 17.6 Å². The number of benzene rings is 1. The Hall–Kier alpha value is -1.63. The van der Waals surface area contributed by atoms with E-state index in [0.29, 0.717) is 0 Å². The van der Waals surface area contributed by atoms with Crippen molar-refractivity contribution in [3.63, 3.8) is 0 Å². The third-order valence-corrected chi connectivity index (χ3v) is 2.29. The Morgan fingerprint density at radius 2 is 2.00 bits per heavy atom. The summed E-state index contributed by atoms with van der Waals surface area (Å²) in [5, 5.41) is 8.75. The third-order valence-electron chi connectivity index (χ3n) is 2.29. The number of imidazole rings is 1. The molecule has 2 aromatic rings. The minimum atomic E-state index is -4.63. The Morgan fingerprint density at radius 1 is 1.29 bits per heavy atom. The van der Waals surface area contributed by atoms with E-state index in [0.717, 1.165) is 16.7 Å². The van der Waals surface area contributed by atoms with E-state index in [1.165, 1.54) is 6.07 Å². The fraction of sp³-hybridized carbons (Fsp3) is 0.300. The Morgan fingerprint density at radius 3 is 2.59 bits per heavy atom. The molecule has 7 heteroatoms. The molecule has 0 radical (unpaired) electrons. The number of rotatable bonds is 2. The van der Waals surface area contributed by atoms with E-state index in [4.69, 9.17) is 5.11 Å². The van der Waals surface area contributed by atoms with E-state index < -0.39 is 24.4 Å². The highest BCUT2D eigenvalue weighted by Crippen LogP contribution is 2.31. The van der Waals surface area contributed by atoms with Gasteiger partial charge in [0.2, 0.25) is 5.82 Å². The van der Waals surface area contributed by atoms with Gasteiger partial charge in [0.05, 0.1) is 17.6 Å². The van der Waals surface area contributed by atoms with Crippen LogP contribution in [0.5, 0.6) is 0 Å². The lowest BCUT2D eigenvalue weighted by Crippen LogP contribution is -2.16. The van der Waals surface area contributed by atoms with Crippen LogP contribution in [0.25, 0.3) is 11.0 Å². The minimum Gasteiger partial charge on any atom is -0.395 e. The summed E-state index contributed by atoms with van der Waals surface area (Å²) in [7, 11) is 0. The second-order valence-corrected chi connectivity index (χ2v) is 3.44. The van der Waals surface area contributed by atoms with E-state index in [1.54, 1.807) is 0 Å². The summed E-state index contributed by atoms with van der Waals surface area (Å²) in [4.78, 5) is 3.40. The lowest BCUT2D eigenvalue weighted by Gasteiger charge is -2.09. The molecule has 3 nitrogen and oxygen atoms in total. The van der Waals surface area contributed by atoms with Crippen molar-refractivity contribution in [3.05, 3.63) is 29.8 Å². The Bertz CT molecular complexity index is 547. The number of alkyl halides is 3. The van der Waals surface area contributed by atoms with Crippen molar-refractivity contribution in [2.75, 3.05) is 6.61 Å². The first kappa shape index (κ1) is 11.8. The summed E-state index contributed by atoms with van der Waals surface area (Å²) >= 11 is 0. The van der Waals surface area contributed by atoms with Gasteiger partial charge >= 0.3 is 6.18 Å². The van der Waals surface area contributed by atoms with Crippen LogP contribution in [0, 0.1) is 5.82 Å². The number of aliphatic hydroxyl groups excluding tert-OH is 1. The Kier molecular flexibility index (Phi) is 2.78. The average Bonchev–Trinajstić information content (AvgIpc) is 2.57. The lowest BCUT2D eigenvalue weighted by molar-refractivity contribution is -0.147. The Labute approximate surface area is 93.3 Å². The quantitative estimate of drug-likeness (QED) is 0.827. The van der Waals surface area contributed by atoms with Crippen molar-refractivity contribution >= 4 is 11.0 Å². The molecule has 0 saturated carbocycles. The smallest absolute Gasteiger partial charge is 0.395 e. The van der Waals surface area contributed by atoms with Gasteiger partial charge in [-0.15, -0.1) is 0 Å². The molecule has 0 aliphatic heterocycles. The summed E-state index contributed by atoms with van der Waals surface area (Å²) in [5.41, 5.74) is 0.0681. The second-order valence-electron chi connectivity index (χ2n) is 3.44. The van der Waals surface area contributed by atoms with Gasteiger partial charge in [-0.1, -0.05) is 0 Å². The molecule has 92 valence electrons. The molecule has 17 heavy (non-hydrogen) atoms. The molecule has 0 amide bonds. The minimum absolute atomic E-state index is 0.0198. The van der Waals surface area contributed by atoms with Crippen LogP contribution in [-0.4, -0.2) is 21.3 Å². The number of aliphatic hydroxyl groups is 1. The molecule has 0 unspecified atom stereocenters. The van der Waals surface area contributed by atoms with E-state index >= 15 is 0 Å². The fourth-order valence-corrected chi connectivity index (χ4v) is 1.64. The molecular weight excluding hydrogens is 240 g/mol. The zero-order valence-corrected chi connectivity index (χ0v) is 8.50. The molecule has 1 heterocycles. The van der Waals surface area contributed by atoms with Crippen LogP contribution in [0.1, 0.15) is 5.82 Å². The molecule has 1 aromatic carbocycles. The second kappa shape index (κ2) is 3.99. The van der Waals surface area contributed by atoms with E-state index in [2.05, 4.69) is 4.98 Å². The summed E-state index contributed by atoms with van der Waals surface area (Å²) in [6.45, 7) is -0.764. The average molecular weight is 248 g/mol. The first-order chi connectivity index (χ1) is 7.93. The molecule has 0 bridgehead atoms. The maximum atomic E-state index is 13.0. The van der Waals surface area contributed by atoms with Crippen LogP contribution < -0.4 is 0 Å². The SMILES string of the molecule is OCCn1c(C(F)(F)F)nc2ccc(F)cc21. The number of hydrogen-bond acceptors (Lipinski definition) is 2. The molecule has 2 rings (SSSR count). The first-order valence-electron chi connectivity index (χ1n) is 4.77. The van der Waals surface area contributed by atoms with Crippen molar-refractivity contribution in [2.45, 2.75) is 12.7 Å². The Balaban J connectivity index is 2.71. The van der Waals surface area contributed by atoms with Crippen molar-refractivity contribution < 1.29 is 22.7 Å². The van der Waals surface area contributed by atoms with Crippen molar-refractivity contribution in [3.8, 4) is 0 Å². The van der Waals surface area contributed by atoms with Gasteiger partial charge in [-0.25, -0.2) is 9.37 Å². The van der Waals surface area contributed by atoms with Crippen LogP contribution >= 0.6 is 0 Å². The monoisotopic (exact) mass is 248 g/mol. The zero-order chi connectivity index (χ0) is 12.6. The van der Waals surface area contributed by atoms with Gasteiger partial charge in [-0.3, -0.25) is 0 Å². The number of aromatic nitrogens is 2. The predicted octanol–water partition coefficient (Wildman–Crippen LogP) is 2.19. The van der Waals surface area contributed by atoms with Crippen LogP contribution in [-0.2, 0) is 12.7 Å². The van der Waals surface area contributed by atoms with Gasteiger partial charge in [-0.05, 0) is 18.2 Å². The maximum Gasteiger partial charge on any atom is 0.449 e. The highest BCUT2D eigenvalue weighted by Gasteiger charge is 2.37. The zero-order valence-electron chi connectivity index (χ0n) is 8.50. The van der Waals surface area contributed by atoms with Crippen molar-refractivity contribution in [1.82, 2.24) is 9.55 Å².